The smallest absolute Gasteiger partial charge is 0.0527 e. The standard InChI is InChI=1S/C10H17N3/c1-10(4-3-5-11-8-10)9-6-12-13(2)7-9/h6-7,11H,3-5,8H2,1-2H3. The maximum Gasteiger partial charge on any atom is 0.0527 e. The molecule has 0 bridgehead atoms. The topological polar surface area (TPSA) is 29.9 Å². The highest BCUT2D eigenvalue weighted by Gasteiger charge is 2.29. The minimum atomic E-state index is 0.298. The first-order valence-electron chi connectivity index (χ1n) is 4.91. The number of hydrogen-bond donors (Lipinski definition) is 1. The zero-order valence-electron chi connectivity index (χ0n) is 8.38. The Morgan fingerprint density at radius 3 is 3.00 bits per heavy atom. The van der Waals surface area contributed by atoms with Crippen molar-refractivity contribution in [1.29, 1.82) is 0 Å². The quantitative estimate of drug-likeness (QED) is 0.698. The molecule has 0 aliphatic carbocycles. The minimum Gasteiger partial charge on any atom is -0.316 e. The molecule has 0 spiro atoms. The van der Waals surface area contributed by atoms with Crippen LogP contribution in [0.4, 0.5) is 0 Å². The minimum absolute atomic E-state index is 0.298. The molecule has 1 fully saturated rings. The van der Waals surface area contributed by atoms with Crippen LogP contribution >= 0.6 is 0 Å². The maximum atomic E-state index is 4.23. The molecule has 1 aliphatic heterocycles. The van der Waals surface area contributed by atoms with Crippen molar-refractivity contribution < 1.29 is 0 Å². The van der Waals surface area contributed by atoms with Crippen LogP contribution in [-0.2, 0) is 12.5 Å². The van der Waals surface area contributed by atoms with Crippen LogP contribution in [0.25, 0.3) is 0 Å². The summed E-state index contributed by atoms with van der Waals surface area (Å²) >= 11 is 0. The van der Waals surface area contributed by atoms with E-state index >= 15 is 0 Å². The molecule has 1 aromatic rings. The molecule has 3 heteroatoms. The molecular weight excluding hydrogens is 162 g/mol. The molecule has 13 heavy (non-hydrogen) atoms. The summed E-state index contributed by atoms with van der Waals surface area (Å²) in [5, 5.41) is 7.67. The third kappa shape index (κ3) is 1.61. The van der Waals surface area contributed by atoms with Crippen LogP contribution in [0.5, 0.6) is 0 Å². The number of nitrogens with zero attached hydrogens (tertiary/aromatic N) is 2. The zero-order chi connectivity index (χ0) is 9.31. The lowest BCUT2D eigenvalue weighted by Gasteiger charge is -2.33. The molecule has 1 saturated heterocycles. The van der Waals surface area contributed by atoms with Crippen LogP contribution < -0.4 is 5.32 Å². The van der Waals surface area contributed by atoms with E-state index in [-0.39, 0.29) is 0 Å². The van der Waals surface area contributed by atoms with Gasteiger partial charge in [-0.15, -0.1) is 0 Å². The van der Waals surface area contributed by atoms with Gasteiger partial charge in [-0.1, -0.05) is 6.92 Å². The second kappa shape index (κ2) is 3.14. The summed E-state index contributed by atoms with van der Waals surface area (Å²) < 4.78 is 1.88. The van der Waals surface area contributed by atoms with E-state index in [1.807, 2.05) is 17.9 Å². The fraction of sp³-hybridized carbons (Fsp3) is 0.700. The Morgan fingerprint density at radius 2 is 2.46 bits per heavy atom. The Labute approximate surface area is 79.1 Å². The summed E-state index contributed by atoms with van der Waals surface area (Å²) in [5.41, 5.74) is 1.66. The first-order chi connectivity index (χ1) is 6.21. The number of aromatic nitrogens is 2. The van der Waals surface area contributed by atoms with Crippen molar-refractivity contribution in [2.24, 2.45) is 7.05 Å². The van der Waals surface area contributed by atoms with E-state index in [0.717, 1.165) is 13.1 Å². The summed E-state index contributed by atoms with van der Waals surface area (Å²) in [4.78, 5) is 0. The summed E-state index contributed by atoms with van der Waals surface area (Å²) in [6, 6.07) is 0. The van der Waals surface area contributed by atoms with Crippen molar-refractivity contribution in [2.45, 2.75) is 25.2 Å². The normalized spacial score (nSPS) is 29.1. The molecule has 2 heterocycles. The lowest BCUT2D eigenvalue weighted by Crippen LogP contribution is -2.40. The Balaban J connectivity index is 2.22. The summed E-state index contributed by atoms with van der Waals surface area (Å²) in [5.74, 6) is 0. The predicted molar refractivity (Wildman–Crippen MR) is 52.7 cm³/mol. The number of nitrogens with one attached hydrogen (secondary N) is 1. The summed E-state index contributed by atoms with van der Waals surface area (Å²) in [6.45, 7) is 4.56. The van der Waals surface area contributed by atoms with Crippen LogP contribution in [0.1, 0.15) is 25.3 Å². The van der Waals surface area contributed by atoms with E-state index in [9.17, 15) is 0 Å². The molecule has 1 unspecified atom stereocenters. The molecule has 1 atom stereocenters. The van der Waals surface area contributed by atoms with Gasteiger partial charge in [0.2, 0.25) is 0 Å². The van der Waals surface area contributed by atoms with E-state index in [1.54, 1.807) is 0 Å². The molecule has 72 valence electrons. The van der Waals surface area contributed by atoms with Gasteiger partial charge in [-0.2, -0.15) is 5.10 Å². The number of piperidine rings is 1. The van der Waals surface area contributed by atoms with E-state index < -0.39 is 0 Å². The van der Waals surface area contributed by atoms with Gasteiger partial charge in [-0.05, 0) is 24.9 Å². The van der Waals surface area contributed by atoms with Crippen LogP contribution in [0.15, 0.2) is 12.4 Å². The average molecular weight is 179 g/mol. The molecule has 3 nitrogen and oxygen atoms in total. The lowest BCUT2D eigenvalue weighted by molar-refractivity contribution is 0.339. The third-order valence-corrected chi connectivity index (χ3v) is 3.00. The van der Waals surface area contributed by atoms with Crippen molar-refractivity contribution in [1.82, 2.24) is 15.1 Å². The Bertz CT molecular complexity index is 284. The highest BCUT2D eigenvalue weighted by atomic mass is 15.2. The van der Waals surface area contributed by atoms with Gasteiger partial charge < -0.3 is 5.32 Å². The van der Waals surface area contributed by atoms with Gasteiger partial charge in [0, 0.05) is 25.2 Å². The highest BCUT2D eigenvalue weighted by Crippen LogP contribution is 2.29. The van der Waals surface area contributed by atoms with Crippen molar-refractivity contribution >= 4 is 0 Å². The Kier molecular flexibility index (Phi) is 2.12. The Morgan fingerprint density at radius 1 is 1.62 bits per heavy atom. The van der Waals surface area contributed by atoms with Gasteiger partial charge >= 0.3 is 0 Å². The number of aryl methyl sites for hydroxylation is 1. The maximum absolute atomic E-state index is 4.23. The van der Waals surface area contributed by atoms with Gasteiger partial charge in [-0.3, -0.25) is 4.68 Å². The molecule has 0 saturated carbocycles. The highest BCUT2D eigenvalue weighted by molar-refractivity contribution is 5.19. The molecule has 1 aliphatic rings. The molecule has 0 amide bonds. The first kappa shape index (κ1) is 8.75. The Hall–Kier alpha value is -0.830. The summed E-state index contributed by atoms with van der Waals surface area (Å²) in [7, 11) is 1.98. The molecule has 0 aromatic carbocycles. The summed E-state index contributed by atoms with van der Waals surface area (Å²) in [6.07, 6.45) is 6.66. The predicted octanol–water partition coefficient (Wildman–Crippen LogP) is 1.06. The molecule has 1 aromatic heterocycles. The van der Waals surface area contributed by atoms with Gasteiger partial charge in [0.25, 0.3) is 0 Å². The van der Waals surface area contributed by atoms with E-state index in [2.05, 4.69) is 23.5 Å². The van der Waals surface area contributed by atoms with Crippen molar-refractivity contribution in [2.75, 3.05) is 13.1 Å². The van der Waals surface area contributed by atoms with Crippen LogP contribution in [0.3, 0.4) is 0 Å². The number of rotatable bonds is 1. The molecule has 1 N–H and O–H groups in total. The zero-order valence-corrected chi connectivity index (χ0v) is 8.38. The first-order valence-corrected chi connectivity index (χ1v) is 4.91. The molecule has 0 radical (unpaired) electrons. The lowest BCUT2D eigenvalue weighted by atomic mass is 9.78. The largest absolute Gasteiger partial charge is 0.316 e. The van der Waals surface area contributed by atoms with Crippen molar-refractivity contribution in [3.63, 3.8) is 0 Å². The molecular formula is C10H17N3. The van der Waals surface area contributed by atoms with E-state index in [1.165, 1.54) is 18.4 Å². The van der Waals surface area contributed by atoms with Crippen molar-refractivity contribution in [3.8, 4) is 0 Å². The van der Waals surface area contributed by atoms with E-state index in [4.69, 9.17) is 0 Å². The SMILES string of the molecule is Cn1cc(C2(C)CCCNC2)cn1. The van der Waals surface area contributed by atoms with Gasteiger partial charge in [-0.25, -0.2) is 0 Å². The fourth-order valence-corrected chi connectivity index (χ4v) is 2.04. The number of hydrogen-bond acceptors (Lipinski definition) is 2. The van der Waals surface area contributed by atoms with Gasteiger partial charge in [0.1, 0.15) is 0 Å². The third-order valence-electron chi connectivity index (χ3n) is 3.00. The fourth-order valence-electron chi connectivity index (χ4n) is 2.04. The molecule has 2 rings (SSSR count). The van der Waals surface area contributed by atoms with Crippen LogP contribution in [0.2, 0.25) is 0 Å². The van der Waals surface area contributed by atoms with Gasteiger partial charge in [0.15, 0.2) is 0 Å². The van der Waals surface area contributed by atoms with Gasteiger partial charge in [0.05, 0.1) is 6.20 Å². The second-order valence-corrected chi connectivity index (χ2v) is 4.24. The average Bonchev–Trinajstić information content (AvgIpc) is 2.54. The second-order valence-electron chi connectivity index (χ2n) is 4.24. The van der Waals surface area contributed by atoms with Crippen molar-refractivity contribution in [3.05, 3.63) is 18.0 Å². The monoisotopic (exact) mass is 179 g/mol. The van der Waals surface area contributed by atoms with Crippen LogP contribution in [0, 0.1) is 0 Å². The van der Waals surface area contributed by atoms with Crippen LogP contribution in [-0.4, -0.2) is 22.9 Å². The van der Waals surface area contributed by atoms with E-state index in [0.29, 0.717) is 5.41 Å².